The van der Waals surface area contributed by atoms with Gasteiger partial charge in [-0.3, -0.25) is 18.5 Å². The van der Waals surface area contributed by atoms with E-state index in [-0.39, 0.29) is 28.2 Å². The first kappa shape index (κ1) is 31.9. The molecule has 3 heterocycles. The first-order valence-corrected chi connectivity index (χ1v) is 18.1. The average Bonchev–Trinajstić information content (AvgIpc) is 3.42. The van der Waals surface area contributed by atoms with Crippen LogP contribution in [0.3, 0.4) is 0 Å². The molecule has 0 aromatic carbocycles. The van der Waals surface area contributed by atoms with Gasteiger partial charge in [-0.15, -0.1) is 0 Å². The fourth-order valence-electron chi connectivity index (χ4n) is 6.67. The minimum atomic E-state index is -4.79. The SMILES string of the molecule is O=C(CCCC1CC2CCCC(C1)C2)Nc1nc(Cl)nc2c1ncn2[C@@H]1O[C@H](CNP(=O)(O)CP(=O)(O)O)C(O)C1O. The number of nitrogens with one attached hydrogen (secondary N) is 2. The highest BCUT2D eigenvalue weighted by Gasteiger charge is 2.45. The van der Waals surface area contributed by atoms with Crippen LogP contribution < -0.4 is 10.4 Å². The van der Waals surface area contributed by atoms with Crippen molar-refractivity contribution < 1.29 is 43.6 Å². The summed E-state index contributed by atoms with van der Waals surface area (Å²) in [5.41, 5.74) is 0.291. The topological polar surface area (TPSA) is 229 Å². The monoisotopic (exact) mass is 650 g/mol. The number of ether oxygens (including phenoxy) is 1. The number of anilines is 1. The maximum absolute atomic E-state index is 12.8. The van der Waals surface area contributed by atoms with Crippen molar-refractivity contribution in [3.05, 3.63) is 11.6 Å². The van der Waals surface area contributed by atoms with Crippen molar-refractivity contribution in [3.8, 4) is 0 Å². The number of aliphatic hydroxyl groups excluding tert-OH is 2. The number of aromatic nitrogens is 4. The molecule has 0 radical (unpaired) electrons. The van der Waals surface area contributed by atoms with Gasteiger partial charge in [0.15, 0.2) is 23.2 Å². The minimum absolute atomic E-state index is 0.0888. The van der Waals surface area contributed by atoms with Crippen LogP contribution in [0.25, 0.3) is 11.2 Å². The molecule has 3 aliphatic rings. The quantitative estimate of drug-likeness (QED) is 0.137. The zero-order valence-corrected chi connectivity index (χ0v) is 25.4. The lowest BCUT2D eigenvalue weighted by molar-refractivity contribution is -0.116. The smallest absolute Gasteiger partial charge is 0.336 e. The van der Waals surface area contributed by atoms with E-state index in [4.69, 9.17) is 26.1 Å². The molecule has 5 rings (SSSR count). The van der Waals surface area contributed by atoms with Crippen molar-refractivity contribution in [2.24, 2.45) is 17.8 Å². The lowest BCUT2D eigenvalue weighted by Crippen LogP contribution is -2.37. The number of halogens is 1. The summed E-state index contributed by atoms with van der Waals surface area (Å²) in [5, 5.41) is 25.8. The molecule has 7 N–H and O–H groups in total. The van der Waals surface area contributed by atoms with Gasteiger partial charge in [-0.2, -0.15) is 9.97 Å². The predicted molar refractivity (Wildman–Crippen MR) is 152 cm³/mol. The molecule has 18 heteroatoms. The number of carbonyl (C=O) groups excluding carboxylic acids is 1. The highest BCUT2D eigenvalue weighted by Crippen LogP contribution is 2.52. The Labute approximate surface area is 247 Å². The maximum Gasteiger partial charge on any atom is 0.336 e. The summed E-state index contributed by atoms with van der Waals surface area (Å²) in [6.07, 6.45) is 5.69. The van der Waals surface area contributed by atoms with Crippen molar-refractivity contribution >= 4 is 49.6 Å². The second-order valence-corrected chi connectivity index (χ2v) is 16.3. The first-order chi connectivity index (χ1) is 19.8. The molecule has 2 saturated carbocycles. The van der Waals surface area contributed by atoms with E-state index in [2.05, 4.69) is 25.4 Å². The number of rotatable bonds is 11. The van der Waals surface area contributed by atoms with Gasteiger partial charge in [0.05, 0.1) is 6.33 Å². The summed E-state index contributed by atoms with van der Waals surface area (Å²) in [5.74, 6) is 0.890. The zero-order valence-electron chi connectivity index (χ0n) is 22.8. The zero-order chi connectivity index (χ0) is 30.2. The van der Waals surface area contributed by atoms with Crippen LogP contribution in [0.15, 0.2) is 6.33 Å². The van der Waals surface area contributed by atoms with E-state index in [9.17, 15) is 29.0 Å². The molecule has 1 aliphatic heterocycles. The van der Waals surface area contributed by atoms with Crippen LogP contribution in [0.4, 0.5) is 5.82 Å². The molecule has 2 aliphatic carbocycles. The predicted octanol–water partition coefficient (Wildman–Crippen LogP) is 2.33. The van der Waals surface area contributed by atoms with Gasteiger partial charge in [0.1, 0.15) is 24.2 Å². The van der Waals surface area contributed by atoms with Gasteiger partial charge < -0.3 is 34.9 Å². The third kappa shape index (κ3) is 7.76. The van der Waals surface area contributed by atoms with E-state index in [0.29, 0.717) is 12.3 Å². The summed E-state index contributed by atoms with van der Waals surface area (Å²) in [7, 11) is -9.25. The fraction of sp³-hybridized carbons (Fsp3) is 0.750. The van der Waals surface area contributed by atoms with Gasteiger partial charge in [0.25, 0.3) is 7.52 Å². The van der Waals surface area contributed by atoms with Crippen LogP contribution in [0.2, 0.25) is 5.28 Å². The van der Waals surface area contributed by atoms with Gasteiger partial charge >= 0.3 is 7.60 Å². The van der Waals surface area contributed by atoms with Crippen molar-refractivity contribution in [1.29, 1.82) is 0 Å². The van der Waals surface area contributed by atoms with Gasteiger partial charge in [-0.1, -0.05) is 19.3 Å². The molecule has 3 fully saturated rings. The second-order valence-electron chi connectivity index (χ2n) is 11.8. The van der Waals surface area contributed by atoms with Gasteiger partial charge in [0.2, 0.25) is 11.2 Å². The molecule has 2 aromatic heterocycles. The number of amides is 1. The Bertz CT molecular complexity index is 1380. The van der Waals surface area contributed by atoms with Crippen molar-refractivity contribution in [2.45, 2.75) is 82.3 Å². The highest BCUT2D eigenvalue weighted by molar-refractivity contribution is 7.71. The third-order valence-electron chi connectivity index (χ3n) is 8.42. The van der Waals surface area contributed by atoms with Crippen LogP contribution >= 0.6 is 26.7 Å². The molecule has 2 aromatic rings. The van der Waals surface area contributed by atoms with E-state index in [1.165, 1.54) is 49.4 Å². The third-order valence-corrected chi connectivity index (χ3v) is 12.3. The van der Waals surface area contributed by atoms with Crippen LogP contribution in [-0.2, 0) is 18.7 Å². The standard InChI is InChI=1S/C24H37ClN6O9P2/c25-24-29-21(28-17(32)6-2-5-15-8-13-3-1-4-14(7-13)9-15)18-22(30-24)31(11-26-18)23-20(34)19(33)16(40-23)10-27-41(35,36)12-42(37,38)39/h11,13-16,19-20,23,33-34H,1-10,12H2,(H2,27,35,36)(H2,37,38,39)(H,28,29,30,32)/t13?,14?,15?,16-,19?,20?,23-/m1/s1. The van der Waals surface area contributed by atoms with Crippen LogP contribution in [-0.4, -0.2) is 81.1 Å². The molecule has 42 heavy (non-hydrogen) atoms. The summed E-state index contributed by atoms with van der Waals surface area (Å²) in [4.78, 5) is 53.1. The summed E-state index contributed by atoms with van der Waals surface area (Å²) >= 11 is 6.14. The number of imidazole rings is 1. The number of carbonyl (C=O) groups is 1. The van der Waals surface area contributed by atoms with E-state index in [0.717, 1.165) is 24.7 Å². The lowest BCUT2D eigenvalue weighted by atomic mass is 9.67. The van der Waals surface area contributed by atoms with Crippen LogP contribution in [0.1, 0.15) is 64.0 Å². The number of hydrogen-bond donors (Lipinski definition) is 7. The fourth-order valence-corrected chi connectivity index (χ4v) is 9.70. The number of hydrogen-bond acceptors (Lipinski definition) is 9. The average molecular weight is 651 g/mol. The minimum Gasteiger partial charge on any atom is -0.387 e. The van der Waals surface area contributed by atoms with E-state index >= 15 is 0 Å². The maximum atomic E-state index is 12.8. The summed E-state index contributed by atoms with van der Waals surface area (Å²) < 4.78 is 30.2. The summed E-state index contributed by atoms with van der Waals surface area (Å²) in [6.45, 7) is -0.492. The Hall–Kier alpha value is -1.51. The van der Waals surface area contributed by atoms with Crippen molar-refractivity contribution in [3.63, 3.8) is 0 Å². The molecule has 1 amide bonds. The number of fused-ring (bicyclic) bond motifs is 3. The van der Waals surface area contributed by atoms with Gasteiger partial charge in [0, 0.05) is 13.0 Å². The van der Waals surface area contributed by atoms with Crippen LogP contribution in [0.5, 0.6) is 0 Å². The highest BCUT2D eigenvalue weighted by atomic mass is 35.5. The van der Waals surface area contributed by atoms with E-state index in [1.54, 1.807) is 0 Å². The largest absolute Gasteiger partial charge is 0.387 e. The normalized spacial score (nSPS) is 31.2. The molecule has 5 unspecified atom stereocenters. The van der Waals surface area contributed by atoms with Crippen LogP contribution in [0, 0.1) is 17.8 Å². The van der Waals surface area contributed by atoms with Gasteiger partial charge in [-0.25, -0.2) is 10.1 Å². The molecular weight excluding hydrogens is 614 g/mol. The van der Waals surface area contributed by atoms with E-state index < -0.39 is 52.1 Å². The van der Waals surface area contributed by atoms with E-state index in [1.807, 2.05) is 0 Å². The molecular formula is C24H37ClN6O9P2. The Morgan fingerprint density at radius 2 is 1.81 bits per heavy atom. The number of aliphatic hydroxyl groups is 2. The molecule has 234 valence electrons. The Balaban J connectivity index is 1.21. The van der Waals surface area contributed by atoms with Crippen molar-refractivity contribution in [2.75, 3.05) is 17.8 Å². The Morgan fingerprint density at radius 3 is 2.50 bits per heavy atom. The molecule has 15 nitrogen and oxygen atoms in total. The summed E-state index contributed by atoms with van der Waals surface area (Å²) in [6, 6.07) is 0. The lowest BCUT2D eigenvalue weighted by Gasteiger charge is -2.39. The molecule has 2 bridgehead atoms. The number of nitrogens with zero attached hydrogens (tertiary/aromatic N) is 4. The Kier molecular flexibility index (Phi) is 9.76. The van der Waals surface area contributed by atoms with Gasteiger partial charge in [-0.05, 0) is 61.5 Å². The second kappa shape index (κ2) is 12.8. The van der Waals surface area contributed by atoms with Crippen molar-refractivity contribution in [1.82, 2.24) is 24.6 Å². The molecule has 1 saturated heterocycles. The molecule has 0 spiro atoms. The first-order valence-electron chi connectivity index (χ1n) is 14.1. The molecule has 7 atom stereocenters. The Morgan fingerprint density at radius 1 is 1.10 bits per heavy atom.